The number of hydrogen-bond donors (Lipinski definition) is 1. The van der Waals surface area contributed by atoms with Crippen molar-refractivity contribution in [3.8, 4) is 0 Å². The summed E-state index contributed by atoms with van der Waals surface area (Å²) in [6.07, 6.45) is 1.39. The van der Waals surface area contributed by atoms with Gasteiger partial charge in [-0.3, -0.25) is 9.36 Å². The molecule has 31 heavy (non-hydrogen) atoms. The number of aromatic nitrogens is 2. The Morgan fingerprint density at radius 1 is 1.10 bits per heavy atom. The van der Waals surface area contributed by atoms with Crippen LogP contribution in [-0.2, 0) is 17.1 Å². The van der Waals surface area contributed by atoms with E-state index in [9.17, 15) is 13.2 Å². The average Bonchev–Trinajstić information content (AvgIpc) is 2.77. The smallest absolute Gasteiger partial charge is 0.261 e. The summed E-state index contributed by atoms with van der Waals surface area (Å²) in [5.41, 5.74) is 0.620. The van der Waals surface area contributed by atoms with Gasteiger partial charge < -0.3 is 5.32 Å². The monoisotopic (exact) mass is 504 g/mol. The van der Waals surface area contributed by atoms with Crippen LogP contribution in [0.2, 0.25) is 0 Å². The van der Waals surface area contributed by atoms with Crippen LogP contribution in [-0.4, -0.2) is 41.4 Å². The number of rotatable bonds is 5. The molecular weight excluding hydrogens is 480 g/mol. The van der Waals surface area contributed by atoms with E-state index in [4.69, 9.17) is 4.98 Å². The third-order valence-corrected chi connectivity index (χ3v) is 8.24. The maximum absolute atomic E-state index is 12.9. The first kappa shape index (κ1) is 22.1. The molecular formula is C22H25BrN4O3S. The Labute approximate surface area is 190 Å². The molecule has 0 bridgehead atoms. The Balaban J connectivity index is 1.44. The van der Waals surface area contributed by atoms with E-state index in [1.54, 1.807) is 46.3 Å². The van der Waals surface area contributed by atoms with Crippen molar-refractivity contribution in [1.29, 1.82) is 0 Å². The molecule has 0 saturated carbocycles. The number of para-hydroxylation sites is 1. The van der Waals surface area contributed by atoms with Crippen LogP contribution in [0.15, 0.2) is 62.7 Å². The lowest BCUT2D eigenvalue weighted by molar-refractivity contribution is 0.273. The van der Waals surface area contributed by atoms with Gasteiger partial charge in [0.05, 0.1) is 21.8 Å². The van der Waals surface area contributed by atoms with Crippen molar-refractivity contribution in [3.63, 3.8) is 0 Å². The number of fused-ring (bicyclic) bond motifs is 1. The standard InChI is InChI=1S/C22H25BrN4O3S/c1-15(21-25-20-6-4-3-5-19(20)22(28)26(21)2)24-17-11-13-27(14-12-17)31(29,30)18-9-7-16(23)8-10-18/h3-10,15,17,24H,11-14H2,1-2H3. The fourth-order valence-corrected chi connectivity index (χ4v) is 5.80. The minimum atomic E-state index is -3.49. The van der Waals surface area contributed by atoms with Crippen LogP contribution < -0.4 is 10.9 Å². The number of nitrogens with one attached hydrogen (secondary N) is 1. The number of nitrogens with zero attached hydrogens (tertiary/aromatic N) is 3. The molecule has 2 heterocycles. The summed E-state index contributed by atoms with van der Waals surface area (Å²) < 4.78 is 29.8. The molecule has 1 unspecified atom stereocenters. The number of sulfonamides is 1. The predicted molar refractivity (Wildman–Crippen MR) is 124 cm³/mol. The molecule has 1 aliphatic heterocycles. The Morgan fingerprint density at radius 3 is 2.42 bits per heavy atom. The highest BCUT2D eigenvalue weighted by atomic mass is 79.9. The fourth-order valence-electron chi connectivity index (χ4n) is 4.07. The number of halogens is 1. The number of benzene rings is 2. The summed E-state index contributed by atoms with van der Waals surface area (Å²) in [5, 5.41) is 4.14. The Kier molecular flexibility index (Phi) is 6.30. The summed E-state index contributed by atoms with van der Waals surface area (Å²) in [7, 11) is -1.75. The molecule has 164 valence electrons. The van der Waals surface area contributed by atoms with Gasteiger partial charge in [0.2, 0.25) is 10.0 Å². The zero-order chi connectivity index (χ0) is 22.2. The Hall–Kier alpha value is -2.07. The van der Waals surface area contributed by atoms with Crippen molar-refractivity contribution in [2.24, 2.45) is 7.05 Å². The highest BCUT2D eigenvalue weighted by Crippen LogP contribution is 2.23. The van der Waals surface area contributed by atoms with Gasteiger partial charge >= 0.3 is 0 Å². The van der Waals surface area contributed by atoms with E-state index >= 15 is 0 Å². The molecule has 0 amide bonds. The molecule has 1 N–H and O–H groups in total. The van der Waals surface area contributed by atoms with Gasteiger partial charge in [-0.05, 0) is 56.2 Å². The van der Waals surface area contributed by atoms with Crippen LogP contribution in [0.1, 0.15) is 31.6 Å². The minimum absolute atomic E-state index is 0.0651. The molecule has 7 nitrogen and oxygen atoms in total. The number of hydrogen-bond acceptors (Lipinski definition) is 5. The summed E-state index contributed by atoms with van der Waals surface area (Å²) in [5.74, 6) is 0.675. The summed E-state index contributed by atoms with van der Waals surface area (Å²) in [6.45, 7) is 2.89. The van der Waals surface area contributed by atoms with Crippen LogP contribution in [0.3, 0.4) is 0 Å². The quantitative estimate of drug-likeness (QED) is 0.576. The van der Waals surface area contributed by atoms with Crippen LogP contribution >= 0.6 is 15.9 Å². The first-order chi connectivity index (χ1) is 14.8. The predicted octanol–water partition coefficient (Wildman–Crippen LogP) is 3.20. The van der Waals surface area contributed by atoms with Crippen LogP contribution in [0.5, 0.6) is 0 Å². The largest absolute Gasteiger partial charge is 0.305 e. The second kappa shape index (κ2) is 8.82. The van der Waals surface area contributed by atoms with Crippen LogP contribution in [0.4, 0.5) is 0 Å². The molecule has 0 radical (unpaired) electrons. The Morgan fingerprint density at radius 2 is 1.74 bits per heavy atom. The van der Waals surface area contributed by atoms with Gasteiger partial charge in [0.15, 0.2) is 0 Å². The van der Waals surface area contributed by atoms with Crippen molar-refractivity contribution in [2.45, 2.75) is 36.7 Å². The topological polar surface area (TPSA) is 84.3 Å². The molecule has 1 fully saturated rings. The first-order valence-corrected chi connectivity index (χ1v) is 12.5. The SMILES string of the molecule is CC(NC1CCN(S(=O)(=O)c2ccc(Br)cc2)CC1)c1nc2ccccc2c(=O)n1C. The van der Waals surface area contributed by atoms with Crippen molar-refractivity contribution < 1.29 is 8.42 Å². The van der Waals surface area contributed by atoms with Crippen molar-refractivity contribution >= 4 is 36.9 Å². The van der Waals surface area contributed by atoms with Gasteiger partial charge in [-0.25, -0.2) is 13.4 Å². The molecule has 1 atom stereocenters. The molecule has 2 aromatic carbocycles. The Bertz CT molecular complexity index is 1250. The zero-order valence-corrected chi connectivity index (χ0v) is 19.9. The van der Waals surface area contributed by atoms with Gasteiger partial charge in [-0.2, -0.15) is 4.31 Å². The lowest BCUT2D eigenvalue weighted by atomic mass is 10.1. The molecule has 1 saturated heterocycles. The zero-order valence-electron chi connectivity index (χ0n) is 17.5. The van der Waals surface area contributed by atoms with Crippen molar-refractivity contribution in [2.75, 3.05) is 13.1 Å². The second-order valence-electron chi connectivity index (χ2n) is 7.87. The molecule has 1 aromatic heterocycles. The van der Waals surface area contributed by atoms with Gasteiger partial charge in [0, 0.05) is 30.7 Å². The summed E-state index contributed by atoms with van der Waals surface area (Å²) in [6, 6.07) is 14.1. The first-order valence-electron chi connectivity index (χ1n) is 10.2. The normalized spacial score (nSPS) is 17.1. The highest BCUT2D eigenvalue weighted by molar-refractivity contribution is 9.10. The summed E-state index contributed by atoms with van der Waals surface area (Å²) in [4.78, 5) is 17.7. The lowest BCUT2D eigenvalue weighted by Crippen LogP contribution is -2.46. The maximum atomic E-state index is 12.9. The molecule has 1 aliphatic rings. The molecule has 9 heteroatoms. The molecule has 0 spiro atoms. The van der Waals surface area contributed by atoms with Crippen LogP contribution in [0, 0.1) is 0 Å². The van der Waals surface area contributed by atoms with Crippen molar-refractivity contribution in [1.82, 2.24) is 19.2 Å². The third kappa shape index (κ3) is 4.45. The second-order valence-corrected chi connectivity index (χ2v) is 10.7. The molecule has 3 aromatic rings. The fraction of sp³-hybridized carbons (Fsp3) is 0.364. The van der Waals surface area contributed by atoms with Gasteiger partial charge in [-0.1, -0.05) is 28.1 Å². The van der Waals surface area contributed by atoms with E-state index in [-0.39, 0.29) is 17.6 Å². The maximum Gasteiger partial charge on any atom is 0.261 e. The van der Waals surface area contributed by atoms with Gasteiger partial charge in [0.1, 0.15) is 5.82 Å². The van der Waals surface area contributed by atoms with Gasteiger partial charge in [-0.15, -0.1) is 0 Å². The molecule has 0 aliphatic carbocycles. The molecule has 4 rings (SSSR count). The van der Waals surface area contributed by atoms with E-state index in [1.807, 2.05) is 25.1 Å². The minimum Gasteiger partial charge on any atom is -0.305 e. The van der Waals surface area contributed by atoms with E-state index < -0.39 is 10.0 Å². The van der Waals surface area contributed by atoms with E-state index in [2.05, 4.69) is 21.2 Å². The lowest BCUT2D eigenvalue weighted by Gasteiger charge is -2.33. The highest BCUT2D eigenvalue weighted by Gasteiger charge is 2.30. The van der Waals surface area contributed by atoms with E-state index in [1.165, 1.54) is 0 Å². The summed E-state index contributed by atoms with van der Waals surface area (Å²) >= 11 is 3.34. The number of piperidine rings is 1. The van der Waals surface area contributed by atoms with Gasteiger partial charge in [0.25, 0.3) is 5.56 Å². The van der Waals surface area contributed by atoms with E-state index in [0.29, 0.717) is 47.6 Å². The third-order valence-electron chi connectivity index (χ3n) is 5.80. The van der Waals surface area contributed by atoms with Crippen molar-refractivity contribution in [3.05, 3.63) is 69.2 Å². The van der Waals surface area contributed by atoms with E-state index in [0.717, 1.165) is 4.47 Å². The average molecular weight is 505 g/mol. The van der Waals surface area contributed by atoms with Crippen LogP contribution in [0.25, 0.3) is 10.9 Å².